The molecule has 1 aromatic carbocycles. The highest BCUT2D eigenvalue weighted by Crippen LogP contribution is 2.35. The maximum atomic E-state index is 15.2. The summed E-state index contributed by atoms with van der Waals surface area (Å²) in [7, 11) is -0.932. The summed E-state index contributed by atoms with van der Waals surface area (Å²) in [6.45, 7) is 1.81. The lowest BCUT2D eigenvalue weighted by Crippen LogP contribution is -2.45. The van der Waals surface area contributed by atoms with Crippen molar-refractivity contribution in [3.63, 3.8) is 0 Å². The van der Waals surface area contributed by atoms with Gasteiger partial charge in [0.1, 0.15) is 11.5 Å². The topological polar surface area (TPSA) is 109 Å². The van der Waals surface area contributed by atoms with Crippen molar-refractivity contribution in [1.82, 2.24) is 24.2 Å². The number of pyridine rings is 2. The van der Waals surface area contributed by atoms with Crippen molar-refractivity contribution in [2.75, 3.05) is 19.4 Å². The first kappa shape index (κ1) is 28.4. The molecule has 1 aliphatic carbocycles. The fourth-order valence-corrected chi connectivity index (χ4v) is 6.28. The average molecular weight is 587 g/mol. The maximum Gasteiger partial charge on any atom is 0.317 e. The number of hydrogen-bond donors (Lipinski definition) is 2. The number of nitrogens with zero attached hydrogens (tertiary/aromatic N) is 4. The van der Waals surface area contributed by atoms with Gasteiger partial charge in [0.2, 0.25) is 0 Å². The molecule has 0 bridgehead atoms. The number of anilines is 1. The van der Waals surface area contributed by atoms with Crippen LogP contribution in [0.15, 0.2) is 53.7 Å². The number of rotatable bonds is 6. The van der Waals surface area contributed by atoms with Gasteiger partial charge in [0.05, 0.1) is 11.1 Å². The van der Waals surface area contributed by atoms with E-state index in [0.717, 1.165) is 40.8 Å². The highest BCUT2D eigenvalue weighted by atomic mass is 32.2. The summed E-state index contributed by atoms with van der Waals surface area (Å²) in [5, 5.41) is 5.93. The molecule has 3 heterocycles. The van der Waals surface area contributed by atoms with Gasteiger partial charge < -0.3 is 15.5 Å². The van der Waals surface area contributed by atoms with E-state index in [0.29, 0.717) is 18.9 Å². The molecule has 13 heteroatoms. The Hall–Kier alpha value is -4.13. The molecule has 1 unspecified atom stereocenters. The number of fused-ring (bicyclic) bond motifs is 1. The molecule has 0 aliphatic heterocycles. The summed E-state index contributed by atoms with van der Waals surface area (Å²) in [4.78, 5) is 21.6. The molecule has 4 aromatic rings. The Morgan fingerprint density at radius 3 is 2.46 bits per heavy atom. The van der Waals surface area contributed by atoms with E-state index >= 15 is 4.39 Å². The third-order valence-corrected chi connectivity index (χ3v) is 8.75. The predicted molar refractivity (Wildman–Crippen MR) is 148 cm³/mol. The quantitative estimate of drug-likeness (QED) is 0.327. The fourth-order valence-electron chi connectivity index (χ4n) is 4.96. The molecule has 0 spiro atoms. The van der Waals surface area contributed by atoms with Gasteiger partial charge in [-0.2, -0.15) is 0 Å². The molecule has 9 nitrogen and oxygen atoms in total. The summed E-state index contributed by atoms with van der Waals surface area (Å²) in [5.74, 6) is -2.99. The molecule has 5 rings (SSSR count). The SMILES string of the molecule is Cc1ccc(S(=O)(=O)n2cc(-c3nc(NC4CCC[C@@H](NC(=O)N(C)C)C4)c(F)cc3F)c3cc(F)cnc32)cc1. The minimum absolute atomic E-state index is 0.00577. The first-order valence-electron chi connectivity index (χ1n) is 13.0. The van der Waals surface area contributed by atoms with E-state index in [-0.39, 0.29) is 51.1 Å². The number of benzene rings is 1. The third-order valence-electron chi connectivity index (χ3n) is 7.09. The second-order valence-electron chi connectivity index (χ2n) is 10.4. The van der Waals surface area contributed by atoms with Crippen LogP contribution in [0.1, 0.15) is 31.2 Å². The van der Waals surface area contributed by atoms with E-state index in [4.69, 9.17) is 0 Å². The molecule has 3 aromatic heterocycles. The average Bonchev–Trinajstić information content (AvgIpc) is 3.30. The van der Waals surface area contributed by atoms with Gasteiger partial charge in [-0.15, -0.1) is 0 Å². The molecule has 1 saturated carbocycles. The lowest BCUT2D eigenvalue weighted by molar-refractivity contribution is 0.208. The Morgan fingerprint density at radius 1 is 1.05 bits per heavy atom. The van der Waals surface area contributed by atoms with Gasteiger partial charge in [-0.25, -0.2) is 40.3 Å². The molecule has 1 aliphatic rings. The molecule has 2 amide bonds. The van der Waals surface area contributed by atoms with Crippen LogP contribution < -0.4 is 10.6 Å². The van der Waals surface area contributed by atoms with Crippen LogP contribution in [0.3, 0.4) is 0 Å². The van der Waals surface area contributed by atoms with E-state index in [2.05, 4.69) is 20.6 Å². The second-order valence-corrected chi connectivity index (χ2v) is 12.2. The molecule has 216 valence electrons. The van der Waals surface area contributed by atoms with Gasteiger partial charge >= 0.3 is 6.03 Å². The highest BCUT2D eigenvalue weighted by Gasteiger charge is 2.28. The van der Waals surface area contributed by atoms with Crippen LogP contribution in [0.4, 0.5) is 23.8 Å². The van der Waals surface area contributed by atoms with Crippen LogP contribution in [0.2, 0.25) is 0 Å². The first-order chi connectivity index (χ1) is 19.4. The minimum Gasteiger partial charge on any atom is -0.365 e. The van der Waals surface area contributed by atoms with E-state index in [1.54, 1.807) is 26.2 Å². The van der Waals surface area contributed by atoms with E-state index in [1.807, 2.05) is 6.92 Å². The number of hydrogen-bond acceptors (Lipinski definition) is 6. The summed E-state index contributed by atoms with van der Waals surface area (Å²) in [5.41, 5.74) is 0.290. The maximum absolute atomic E-state index is 15.2. The highest BCUT2D eigenvalue weighted by molar-refractivity contribution is 7.90. The van der Waals surface area contributed by atoms with Gasteiger partial charge in [0, 0.05) is 49.4 Å². The Balaban J connectivity index is 1.53. The normalized spacial score (nSPS) is 17.4. The number of halogens is 3. The number of carbonyl (C=O) groups excluding carboxylic acids is 1. The lowest BCUT2D eigenvalue weighted by atomic mass is 9.91. The number of amides is 2. The van der Waals surface area contributed by atoms with Crippen molar-refractivity contribution in [3.05, 3.63) is 71.8 Å². The van der Waals surface area contributed by atoms with E-state index in [1.165, 1.54) is 17.0 Å². The molecular formula is C28H29F3N6O3S. The monoisotopic (exact) mass is 586 g/mol. The van der Waals surface area contributed by atoms with Crippen LogP contribution in [0.5, 0.6) is 0 Å². The van der Waals surface area contributed by atoms with Crippen LogP contribution in [0.25, 0.3) is 22.3 Å². The summed E-state index contributed by atoms with van der Waals surface area (Å²) in [6.07, 6.45) is 4.68. The molecule has 0 saturated heterocycles. The van der Waals surface area contributed by atoms with E-state index < -0.39 is 27.5 Å². The molecule has 2 N–H and O–H groups in total. The van der Waals surface area contributed by atoms with E-state index in [9.17, 15) is 22.0 Å². The first-order valence-corrected chi connectivity index (χ1v) is 14.5. The summed E-state index contributed by atoms with van der Waals surface area (Å²) in [6, 6.07) is 7.17. The van der Waals surface area contributed by atoms with Crippen LogP contribution in [0, 0.1) is 24.4 Å². The third kappa shape index (κ3) is 5.71. The van der Waals surface area contributed by atoms with Crippen molar-refractivity contribution < 1.29 is 26.4 Å². The zero-order valence-corrected chi connectivity index (χ0v) is 23.5. The molecule has 0 radical (unpaired) electrons. The van der Waals surface area contributed by atoms with Crippen molar-refractivity contribution in [1.29, 1.82) is 0 Å². The molecule has 1 fully saturated rings. The number of carbonyl (C=O) groups is 1. The Morgan fingerprint density at radius 2 is 1.76 bits per heavy atom. The Bertz CT molecular complexity index is 1720. The standard InChI is InChI=1S/C28H29F3N6O3S/c1-16-7-9-20(10-8-16)41(39,40)37-15-22(21-11-17(29)14-32-27(21)37)25-23(30)13-24(31)26(35-25)33-18-5-4-6-19(12-18)34-28(38)36(2)3/h7-11,13-15,18-19H,4-6,12H2,1-3H3,(H,33,35)(H,34,38)/t18?,19-/m1/s1. The Kier molecular flexibility index (Phi) is 7.64. The van der Waals surface area contributed by atoms with Gasteiger partial charge in [0.25, 0.3) is 10.0 Å². The van der Waals surface area contributed by atoms with Gasteiger partial charge in [-0.3, -0.25) is 0 Å². The van der Waals surface area contributed by atoms with Gasteiger partial charge in [0.15, 0.2) is 23.1 Å². The van der Waals surface area contributed by atoms with Crippen molar-refractivity contribution >= 4 is 32.9 Å². The van der Waals surface area contributed by atoms with Crippen LogP contribution >= 0.6 is 0 Å². The minimum atomic E-state index is -4.20. The summed E-state index contributed by atoms with van der Waals surface area (Å²) < 4.78 is 72.3. The van der Waals surface area contributed by atoms with Crippen LogP contribution in [-0.2, 0) is 10.0 Å². The Labute approximate surface area is 235 Å². The number of urea groups is 1. The predicted octanol–water partition coefficient (Wildman–Crippen LogP) is 5.06. The zero-order chi connectivity index (χ0) is 29.5. The summed E-state index contributed by atoms with van der Waals surface area (Å²) >= 11 is 0. The van der Waals surface area contributed by atoms with Crippen molar-refractivity contribution in [2.45, 2.75) is 49.6 Å². The number of aromatic nitrogens is 3. The van der Waals surface area contributed by atoms with Crippen molar-refractivity contribution in [3.8, 4) is 11.3 Å². The second kappa shape index (κ2) is 11.0. The zero-order valence-electron chi connectivity index (χ0n) is 22.7. The number of aryl methyl sites for hydroxylation is 1. The number of nitrogens with one attached hydrogen (secondary N) is 2. The smallest absolute Gasteiger partial charge is 0.317 e. The molecular weight excluding hydrogens is 557 g/mol. The van der Waals surface area contributed by atoms with Crippen molar-refractivity contribution in [2.24, 2.45) is 0 Å². The lowest BCUT2D eigenvalue weighted by Gasteiger charge is -2.31. The van der Waals surface area contributed by atoms with Gasteiger partial charge in [-0.05, 0) is 50.8 Å². The fraction of sp³-hybridized carbons (Fsp3) is 0.321. The van der Waals surface area contributed by atoms with Gasteiger partial charge in [-0.1, -0.05) is 17.7 Å². The molecule has 41 heavy (non-hydrogen) atoms. The largest absolute Gasteiger partial charge is 0.365 e. The molecule has 2 atom stereocenters. The van der Waals surface area contributed by atoms with Crippen LogP contribution in [-0.4, -0.2) is 59.5 Å².